The molecule has 0 fully saturated rings. The summed E-state index contributed by atoms with van der Waals surface area (Å²) in [6.07, 6.45) is 1.65. The monoisotopic (exact) mass is 208 g/mol. The quantitative estimate of drug-likeness (QED) is 0.344. The summed E-state index contributed by atoms with van der Waals surface area (Å²) >= 11 is 1.42. The van der Waals surface area contributed by atoms with Crippen LogP contribution in [0, 0.1) is 11.3 Å². The first-order valence-electron chi connectivity index (χ1n) is 3.90. The van der Waals surface area contributed by atoms with Gasteiger partial charge in [0.1, 0.15) is 6.04 Å². The van der Waals surface area contributed by atoms with Crippen LogP contribution < -0.4 is 5.32 Å². The Bertz CT molecular complexity index is 347. The predicted molar refractivity (Wildman–Crippen MR) is 52.5 cm³/mol. The average molecular weight is 208 g/mol. The van der Waals surface area contributed by atoms with E-state index in [4.69, 9.17) is 10.8 Å². The molecule has 0 radical (unpaired) electrons. The third-order valence-corrected chi connectivity index (χ3v) is 2.33. The van der Waals surface area contributed by atoms with Gasteiger partial charge in [0.25, 0.3) is 0 Å². The van der Waals surface area contributed by atoms with Gasteiger partial charge < -0.3 is 0 Å². The first-order chi connectivity index (χ1) is 6.88. The molecule has 0 spiro atoms. The maximum absolute atomic E-state index is 8.82. The molecule has 0 aliphatic rings. The van der Waals surface area contributed by atoms with Crippen molar-refractivity contribution in [1.29, 1.82) is 5.26 Å². The molecule has 0 aliphatic heterocycles. The van der Waals surface area contributed by atoms with Gasteiger partial charge in [0.05, 0.1) is 16.5 Å². The Balaban J connectivity index is 2.41. The second kappa shape index (κ2) is 5.94. The molecule has 0 aromatic carbocycles. The van der Waals surface area contributed by atoms with E-state index in [1.165, 1.54) is 11.3 Å². The van der Waals surface area contributed by atoms with E-state index < -0.39 is 0 Å². The van der Waals surface area contributed by atoms with Crippen LogP contribution >= 0.6 is 11.3 Å². The average Bonchev–Trinajstić information content (AvgIpc) is 2.71. The van der Waals surface area contributed by atoms with E-state index in [9.17, 15) is 0 Å². The van der Waals surface area contributed by atoms with E-state index in [-0.39, 0.29) is 6.04 Å². The number of rotatable bonds is 5. The zero-order valence-electron chi connectivity index (χ0n) is 7.29. The number of hydrogen-bond donors (Lipinski definition) is 1. The highest BCUT2D eigenvalue weighted by atomic mass is 32.1. The highest BCUT2D eigenvalue weighted by Crippen LogP contribution is 2.15. The summed E-state index contributed by atoms with van der Waals surface area (Å²) in [4.78, 5) is 7.36. The number of aromatic nitrogens is 1. The summed E-state index contributed by atoms with van der Waals surface area (Å²) < 4.78 is 0. The molecule has 0 amide bonds. The van der Waals surface area contributed by atoms with Crippen molar-refractivity contribution >= 4 is 11.3 Å². The SMILES string of the molecule is N#CC(NCCN=[N+]=[N-])c1cncs1. The molecule has 1 N–H and O–H groups in total. The van der Waals surface area contributed by atoms with E-state index in [1.807, 2.05) is 0 Å². The topological polar surface area (TPSA) is 97.5 Å². The van der Waals surface area contributed by atoms with Gasteiger partial charge in [0.2, 0.25) is 0 Å². The van der Waals surface area contributed by atoms with Crippen molar-refractivity contribution in [2.24, 2.45) is 5.11 Å². The van der Waals surface area contributed by atoms with Crippen molar-refractivity contribution in [2.45, 2.75) is 6.04 Å². The molecule has 1 unspecified atom stereocenters. The Morgan fingerprint density at radius 3 is 3.29 bits per heavy atom. The van der Waals surface area contributed by atoms with Gasteiger partial charge in [-0.15, -0.1) is 11.3 Å². The summed E-state index contributed by atoms with van der Waals surface area (Å²) in [6.45, 7) is 0.827. The lowest BCUT2D eigenvalue weighted by molar-refractivity contribution is 0.642. The van der Waals surface area contributed by atoms with Crippen LogP contribution in [0.4, 0.5) is 0 Å². The molecule has 1 heterocycles. The number of nitriles is 1. The van der Waals surface area contributed by atoms with E-state index in [2.05, 4.69) is 26.4 Å². The number of nitrogens with zero attached hydrogens (tertiary/aromatic N) is 5. The molecule has 0 aliphatic carbocycles. The van der Waals surface area contributed by atoms with Crippen molar-refractivity contribution < 1.29 is 0 Å². The van der Waals surface area contributed by atoms with E-state index >= 15 is 0 Å². The number of nitrogens with one attached hydrogen (secondary N) is 1. The van der Waals surface area contributed by atoms with Crippen molar-refractivity contribution in [2.75, 3.05) is 13.1 Å². The van der Waals surface area contributed by atoms with Crippen molar-refractivity contribution in [3.8, 4) is 6.07 Å². The molecule has 1 aromatic heterocycles. The Morgan fingerprint density at radius 1 is 1.86 bits per heavy atom. The lowest BCUT2D eigenvalue weighted by Gasteiger charge is -2.06. The molecule has 6 nitrogen and oxygen atoms in total. The molecular formula is C7H8N6S. The van der Waals surface area contributed by atoms with Crippen LogP contribution in [0.15, 0.2) is 16.8 Å². The smallest absolute Gasteiger partial charge is 0.132 e. The molecule has 0 saturated carbocycles. The fraction of sp³-hybridized carbons (Fsp3) is 0.429. The van der Waals surface area contributed by atoms with E-state index in [0.29, 0.717) is 13.1 Å². The predicted octanol–water partition coefficient (Wildman–Crippen LogP) is 1.61. The lowest BCUT2D eigenvalue weighted by Crippen LogP contribution is -2.21. The van der Waals surface area contributed by atoms with Crippen molar-refractivity contribution in [3.05, 3.63) is 27.0 Å². The number of hydrogen-bond acceptors (Lipinski definition) is 5. The van der Waals surface area contributed by atoms with Gasteiger partial charge >= 0.3 is 0 Å². The highest BCUT2D eigenvalue weighted by molar-refractivity contribution is 7.09. The molecule has 1 aromatic rings. The van der Waals surface area contributed by atoms with Crippen LogP contribution in [-0.4, -0.2) is 18.1 Å². The minimum absolute atomic E-state index is 0.341. The van der Waals surface area contributed by atoms with Gasteiger partial charge in [-0.2, -0.15) is 5.26 Å². The first-order valence-corrected chi connectivity index (χ1v) is 4.78. The molecule has 0 bridgehead atoms. The minimum Gasteiger partial charge on any atom is -0.297 e. The molecule has 0 saturated heterocycles. The van der Waals surface area contributed by atoms with Crippen LogP contribution in [0.25, 0.3) is 10.4 Å². The second-order valence-corrected chi connectivity index (χ2v) is 3.29. The van der Waals surface area contributed by atoms with Crippen LogP contribution in [0.1, 0.15) is 10.9 Å². The van der Waals surface area contributed by atoms with Gasteiger partial charge in [-0.25, -0.2) is 0 Å². The third-order valence-electron chi connectivity index (χ3n) is 1.49. The summed E-state index contributed by atoms with van der Waals surface area (Å²) in [6, 6.07) is 1.74. The van der Waals surface area contributed by atoms with Gasteiger partial charge in [0.15, 0.2) is 0 Å². The normalized spacial score (nSPS) is 11.4. The van der Waals surface area contributed by atoms with Gasteiger partial charge in [-0.3, -0.25) is 10.3 Å². The number of thiazole rings is 1. The molecule has 1 atom stereocenters. The zero-order chi connectivity index (χ0) is 10.2. The maximum Gasteiger partial charge on any atom is 0.132 e. The van der Waals surface area contributed by atoms with Gasteiger partial charge in [-0.1, -0.05) is 5.11 Å². The molecular weight excluding hydrogens is 200 g/mol. The van der Waals surface area contributed by atoms with Crippen LogP contribution in [0.5, 0.6) is 0 Å². The van der Waals surface area contributed by atoms with Gasteiger partial charge in [0, 0.05) is 24.2 Å². The Kier molecular flexibility index (Phi) is 4.44. The molecule has 7 heteroatoms. The Labute approximate surface area is 84.8 Å². The van der Waals surface area contributed by atoms with Crippen molar-refractivity contribution in [3.63, 3.8) is 0 Å². The minimum atomic E-state index is -0.364. The van der Waals surface area contributed by atoms with Crippen LogP contribution in [0.2, 0.25) is 0 Å². The molecule has 72 valence electrons. The molecule has 1 rings (SSSR count). The van der Waals surface area contributed by atoms with Gasteiger partial charge in [-0.05, 0) is 5.53 Å². The largest absolute Gasteiger partial charge is 0.297 e. The fourth-order valence-electron chi connectivity index (χ4n) is 0.882. The maximum atomic E-state index is 8.82. The lowest BCUT2D eigenvalue weighted by atomic mass is 10.3. The molecule has 14 heavy (non-hydrogen) atoms. The van der Waals surface area contributed by atoms with Crippen molar-refractivity contribution in [1.82, 2.24) is 10.3 Å². The second-order valence-electron chi connectivity index (χ2n) is 2.37. The standard InChI is InChI=1S/C7H8N6S/c8-3-6(7-4-10-5-14-7)11-1-2-12-13-9/h4-6,11H,1-2H2. The first kappa shape index (κ1) is 10.5. The number of azide groups is 1. The van der Waals surface area contributed by atoms with Crippen LogP contribution in [-0.2, 0) is 0 Å². The third kappa shape index (κ3) is 3.03. The Morgan fingerprint density at radius 2 is 2.71 bits per heavy atom. The van der Waals surface area contributed by atoms with E-state index in [1.54, 1.807) is 11.7 Å². The summed E-state index contributed by atoms with van der Waals surface area (Å²) in [5, 5.41) is 15.1. The summed E-state index contributed by atoms with van der Waals surface area (Å²) in [7, 11) is 0. The van der Waals surface area contributed by atoms with E-state index in [0.717, 1.165) is 4.88 Å². The highest BCUT2D eigenvalue weighted by Gasteiger charge is 2.09. The van der Waals surface area contributed by atoms with Crippen LogP contribution in [0.3, 0.4) is 0 Å². The Hall–Kier alpha value is -1.61. The summed E-state index contributed by atoms with van der Waals surface area (Å²) in [5.41, 5.74) is 9.71. The summed E-state index contributed by atoms with van der Waals surface area (Å²) in [5.74, 6) is 0. The fourth-order valence-corrected chi connectivity index (χ4v) is 1.52. The zero-order valence-corrected chi connectivity index (χ0v) is 8.11.